The third-order valence-corrected chi connectivity index (χ3v) is 2.52. The van der Waals surface area contributed by atoms with Crippen molar-refractivity contribution in [2.75, 3.05) is 18.0 Å². The third kappa shape index (κ3) is 2.71. The third-order valence-electron chi connectivity index (χ3n) is 2.52. The second kappa shape index (κ2) is 5.38. The monoisotopic (exact) mass is 203 g/mol. The van der Waals surface area contributed by atoms with Gasteiger partial charge in [0.1, 0.15) is 6.04 Å². The van der Waals surface area contributed by atoms with Crippen LogP contribution in [-0.4, -0.2) is 13.1 Å². The van der Waals surface area contributed by atoms with Crippen LogP contribution in [0, 0.1) is 11.3 Å². The summed E-state index contributed by atoms with van der Waals surface area (Å²) in [7, 11) is 0. The molecule has 0 aliphatic rings. The first-order valence-electron chi connectivity index (χ1n) is 5.23. The first kappa shape index (κ1) is 11.5. The summed E-state index contributed by atoms with van der Waals surface area (Å²) in [6, 6.07) is 9.37. The number of hydrogen-bond acceptors (Lipinski definition) is 3. The van der Waals surface area contributed by atoms with Crippen molar-refractivity contribution in [1.29, 1.82) is 5.26 Å². The quantitative estimate of drug-likeness (QED) is 0.814. The number of nitrogens with zero attached hydrogens (tertiary/aromatic N) is 2. The van der Waals surface area contributed by atoms with Crippen molar-refractivity contribution in [1.82, 2.24) is 0 Å². The van der Waals surface area contributed by atoms with Gasteiger partial charge in [0.05, 0.1) is 6.07 Å². The predicted molar refractivity (Wildman–Crippen MR) is 62.5 cm³/mol. The molecule has 1 aromatic carbocycles. The van der Waals surface area contributed by atoms with Gasteiger partial charge < -0.3 is 10.6 Å². The number of rotatable bonds is 4. The molecular formula is C12H17N3. The molecular weight excluding hydrogens is 186 g/mol. The number of anilines is 1. The second-order valence-electron chi connectivity index (χ2n) is 3.37. The van der Waals surface area contributed by atoms with Crippen molar-refractivity contribution in [3.63, 3.8) is 0 Å². The van der Waals surface area contributed by atoms with Crippen LogP contribution in [0.3, 0.4) is 0 Å². The smallest absolute Gasteiger partial charge is 0.118 e. The van der Waals surface area contributed by atoms with E-state index in [1.165, 1.54) is 5.69 Å². The van der Waals surface area contributed by atoms with E-state index in [1.54, 1.807) is 0 Å². The van der Waals surface area contributed by atoms with E-state index in [0.29, 0.717) is 0 Å². The van der Waals surface area contributed by atoms with Crippen LogP contribution in [0.4, 0.5) is 5.69 Å². The lowest BCUT2D eigenvalue weighted by atomic mass is 10.1. The summed E-state index contributed by atoms with van der Waals surface area (Å²) in [6.45, 7) is 6.22. The summed E-state index contributed by atoms with van der Waals surface area (Å²) in [5, 5.41) is 8.67. The molecule has 0 saturated carbocycles. The Morgan fingerprint density at radius 2 is 1.80 bits per heavy atom. The highest BCUT2D eigenvalue weighted by Crippen LogP contribution is 2.17. The predicted octanol–water partition coefficient (Wildman–Crippen LogP) is 2.06. The normalized spacial score (nSPS) is 11.9. The zero-order valence-electron chi connectivity index (χ0n) is 9.27. The standard InChI is InChI=1S/C12H17N3/c1-3-15(4-2)11-7-5-10(6-8-11)12(14)9-13/h5-8,12H,3-4,14H2,1-2H3. The van der Waals surface area contributed by atoms with Gasteiger partial charge in [-0.3, -0.25) is 0 Å². The Balaban J connectivity index is 2.85. The zero-order chi connectivity index (χ0) is 11.3. The fourth-order valence-electron chi connectivity index (χ4n) is 1.56. The van der Waals surface area contributed by atoms with Gasteiger partial charge in [-0.25, -0.2) is 0 Å². The topological polar surface area (TPSA) is 53.0 Å². The van der Waals surface area contributed by atoms with Gasteiger partial charge in [-0.05, 0) is 31.5 Å². The van der Waals surface area contributed by atoms with Crippen LogP contribution in [0.5, 0.6) is 0 Å². The minimum atomic E-state index is -0.518. The lowest BCUT2D eigenvalue weighted by Gasteiger charge is -2.21. The maximum atomic E-state index is 8.67. The molecule has 0 radical (unpaired) electrons. The largest absolute Gasteiger partial charge is 0.372 e. The van der Waals surface area contributed by atoms with E-state index in [-0.39, 0.29) is 0 Å². The van der Waals surface area contributed by atoms with Crippen LogP contribution in [0.1, 0.15) is 25.5 Å². The Morgan fingerprint density at radius 3 is 2.20 bits per heavy atom. The first-order chi connectivity index (χ1) is 7.22. The van der Waals surface area contributed by atoms with Crippen molar-refractivity contribution in [3.8, 4) is 6.07 Å². The van der Waals surface area contributed by atoms with Crippen molar-refractivity contribution in [3.05, 3.63) is 29.8 Å². The SMILES string of the molecule is CCN(CC)c1ccc(C(N)C#N)cc1. The number of nitriles is 1. The summed E-state index contributed by atoms with van der Waals surface area (Å²) in [4.78, 5) is 2.25. The molecule has 0 aromatic heterocycles. The summed E-state index contributed by atoms with van der Waals surface area (Å²) in [5.74, 6) is 0. The Bertz CT molecular complexity index is 333. The van der Waals surface area contributed by atoms with E-state index in [2.05, 4.69) is 18.7 Å². The average molecular weight is 203 g/mol. The second-order valence-corrected chi connectivity index (χ2v) is 3.37. The molecule has 0 amide bonds. The van der Waals surface area contributed by atoms with Crippen LogP contribution in [0.15, 0.2) is 24.3 Å². The van der Waals surface area contributed by atoms with E-state index in [1.807, 2.05) is 30.3 Å². The van der Waals surface area contributed by atoms with Gasteiger partial charge in [-0.15, -0.1) is 0 Å². The number of nitrogens with two attached hydrogens (primary N) is 1. The molecule has 0 spiro atoms. The molecule has 15 heavy (non-hydrogen) atoms. The molecule has 80 valence electrons. The molecule has 1 unspecified atom stereocenters. The van der Waals surface area contributed by atoms with Crippen LogP contribution >= 0.6 is 0 Å². The van der Waals surface area contributed by atoms with Crippen molar-refractivity contribution in [2.45, 2.75) is 19.9 Å². The summed E-state index contributed by atoms with van der Waals surface area (Å²) >= 11 is 0. The maximum Gasteiger partial charge on any atom is 0.118 e. The molecule has 1 atom stereocenters. The summed E-state index contributed by atoms with van der Waals surface area (Å²) in [6.07, 6.45) is 0. The fourth-order valence-corrected chi connectivity index (χ4v) is 1.56. The van der Waals surface area contributed by atoms with Gasteiger partial charge in [0.15, 0.2) is 0 Å². The Morgan fingerprint density at radius 1 is 1.27 bits per heavy atom. The van der Waals surface area contributed by atoms with Gasteiger partial charge in [0.2, 0.25) is 0 Å². The van der Waals surface area contributed by atoms with Crippen molar-refractivity contribution >= 4 is 5.69 Å². The van der Waals surface area contributed by atoms with E-state index >= 15 is 0 Å². The average Bonchev–Trinajstić information content (AvgIpc) is 2.30. The molecule has 0 saturated heterocycles. The molecule has 0 aliphatic carbocycles. The molecule has 1 rings (SSSR count). The molecule has 1 aromatic rings. The highest BCUT2D eigenvalue weighted by atomic mass is 15.1. The van der Waals surface area contributed by atoms with Gasteiger partial charge in [-0.2, -0.15) is 5.26 Å². The molecule has 0 fully saturated rings. The molecule has 2 N–H and O–H groups in total. The minimum Gasteiger partial charge on any atom is -0.372 e. The van der Waals surface area contributed by atoms with Crippen LogP contribution < -0.4 is 10.6 Å². The van der Waals surface area contributed by atoms with Crippen molar-refractivity contribution < 1.29 is 0 Å². The lowest BCUT2D eigenvalue weighted by molar-refractivity contribution is 0.863. The Kier molecular flexibility index (Phi) is 4.14. The lowest BCUT2D eigenvalue weighted by Crippen LogP contribution is -2.21. The minimum absolute atomic E-state index is 0.518. The molecule has 3 heteroatoms. The van der Waals surface area contributed by atoms with E-state index < -0.39 is 6.04 Å². The number of benzene rings is 1. The van der Waals surface area contributed by atoms with Gasteiger partial charge in [-0.1, -0.05) is 12.1 Å². The van der Waals surface area contributed by atoms with Crippen LogP contribution in [0.2, 0.25) is 0 Å². The van der Waals surface area contributed by atoms with E-state index in [0.717, 1.165) is 18.7 Å². The fraction of sp³-hybridized carbons (Fsp3) is 0.417. The van der Waals surface area contributed by atoms with E-state index in [4.69, 9.17) is 11.0 Å². The highest BCUT2D eigenvalue weighted by Gasteiger charge is 2.05. The molecule has 0 bridgehead atoms. The van der Waals surface area contributed by atoms with Crippen LogP contribution in [0.25, 0.3) is 0 Å². The summed E-state index contributed by atoms with van der Waals surface area (Å²) < 4.78 is 0. The van der Waals surface area contributed by atoms with Gasteiger partial charge >= 0.3 is 0 Å². The summed E-state index contributed by atoms with van der Waals surface area (Å²) in [5.41, 5.74) is 7.65. The van der Waals surface area contributed by atoms with Gasteiger partial charge in [0.25, 0.3) is 0 Å². The molecule has 0 heterocycles. The maximum absolute atomic E-state index is 8.67. The molecule has 3 nitrogen and oxygen atoms in total. The Labute approximate surface area is 91.1 Å². The first-order valence-corrected chi connectivity index (χ1v) is 5.23. The van der Waals surface area contributed by atoms with E-state index in [9.17, 15) is 0 Å². The van der Waals surface area contributed by atoms with Gasteiger partial charge in [0, 0.05) is 18.8 Å². The van der Waals surface area contributed by atoms with Crippen molar-refractivity contribution in [2.24, 2.45) is 5.73 Å². The Hall–Kier alpha value is -1.53. The highest BCUT2D eigenvalue weighted by molar-refractivity contribution is 5.48. The van der Waals surface area contributed by atoms with Crippen LogP contribution in [-0.2, 0) is 0 Å². The number of hydrogen-bond donors (Lipinski definition) is 1. The molecule has 0 aliphatic heterocycles. The zero-order valence-corrected chi connectivity index (χ0v) is 9.27.